The first-order valence-electron chi connectivity index (χ1n) is 5.99. The van der Waals surface area contributed by atoms with E-state index in [0.29, 0.717) is 23.8 Å². The Labute approximate surface area is 113 Å². The number of rotatable bonds is 2. The van der Waals surface area contributed by atoms with Crippen LogP contribution >= 0.6 is 0 Å². The van der Waals surface area contributed by atoms with Crippen molar-refractivity contribution in [2.75, 3.05) is 13.1 Å². The van der Waals surface area contributed by atoms with E-state index < -0.39 is 0 Å². The molecule has 1 atom stereocenters. The molecule has 0 spiro atoms. The van der Waals surface area contributed by atoms with Crippen LogP contribution in [0.15, 0.2) is 22.7 Å². The summed E-state index contributed by atoms with van der Waals surface area (Å²) in [6.07, 6.45) is 0. The second-order valence-corrected chi connectivity index (χ2v) is 4.40. The van der Waals surface area contributed by atoms with Crippen molar-refractivity contribution in [1.82, 2.24) is 20.8 Å². The number of carbonyl (C=O) groups excluding carboxylic acids is 1. The van der Waals surface area contributed by atoms with E-state index >= 15 is 0 Å². The van der Waals surface area contributed by atoms with Crippen molar-refractivity contribution in [2.24, 2.45) is 0 Å². The number of hydrogen-bond acceptors (Lipinski definition) is 7. The Morgan fingerprint density at radius 1 is 1.30 bits per heavy atom. The van der Waals surface area contributed by atoms with Gasteiger partial charge in [-0.2, -0.15) is 4.98 Å². The highest BCUT2D eigenvalue weighted by Gasteiger charge is 2.24. The molecule has 1 unspecified atom stereocenters. The molecule has 2 heterocycles. The van der Waals surface area contributed by atoms with Gasteiger partial charge in [-0.3, -0.25) is 10.1 Å². The van der Waals surface area contributed by atoms with Crippen LogP contribution in [0.5, 0.6) is 11.5 Å². The number of phenolic OH excluding ortho intramolecular Hbond substituents is 2. The summed E-state index contributed by atoms with van der Waals surface area (Å²) in [5, 5.41) is 28.2. The van der Waals surface area contributed by atoms with E-state index in [2.05, 4.69) is 20.8 Å². The monoisotopic (exact) mass is 276 g/mol. The third kappa shape index (κ3) is 2.28. The lowest BCUT2D eigenvalue weighted by molar-refractivity contribution is -0.121. The van der Waals surface area contributed by atoms with Gasteiger partial charge >= 0.3 is 0 Å². The molecule has 1 saturated heterocycles. The van der Waals surface area contributed by atoms with Crippen LogP contribution in [0.3, 0.4) is 0 Å². The van der Waals surface area contributed by atoms with Crippen LogP contribution < -0.4 is 10.6 Å². The Bertz CT molecular complexity index is 645. The molecule has 0 radical (unpaired) electrons. The van der Waals surface area contributed by atoms with Gasteiger partial charge in [-0.1, -0.05) is 5.16 Å². The molecular formula is C12H12N4O4. The number of aromatic nitrogens is 2. The smallest absolute Gasteiger partial charge is 0.245 e. The number of nitrogens with zero attached hydrogens (tertiary/aromatic N) is 2. The Morgan fingerprint density at radius 3 is 2.85 bits per heavy atom. The van der Waals surface area contributed by atoms with E-state index in [1.165, 1.54) is 12.1 Å². The molecule has 104 valence electrons. The molecule has 8 heteroatoms. The molecule has 8 nitrogen and oxygen atoms in total. The van der Waals surface area contributed by atoms with Crippen molar-refractivity contribution in [3.05, 3.63) is 24.1 Å². The second kappa shape index (κ2) is 4.82. The van der Waals surface area contributed by atoms with Gasteiger partial charge in [0, 0.05) is 12.1 Å². The van der Waals surface area contributed by atoms with Crippen LogP contribution in [-0.4, -0.2) is 39.4 Å². The summed E-state index contributed by atoms with van der Waals surface area (Å²) in [7, 11) is 0. The van der Waals surface area contributed by atoms with E-state index in [9.17, 15) is 15.0 Å². The molecule has 4 N–H and O–H groups in total. The molecule has 1 aromatic carbocycles. The highest BCUT2D eigenvalue weighted by Crippen LogP contribution is 2.29. The lowest BCUT2D eigenvalue weighted by Gasteiger charge is -2.20. The summed E-state index contributed by atoms with van der Waals surface area (Å²) in [5.74, 6) is 0.108. The number of hydrogen-bond donors (Lipinski definition) is 4. The minimum Gasteiger partial charge on any atom is -0.504 e. The zero-order chi connectivity index (χ0) is 14.1. The van der Waals surface area contributed by atoms with Crippen molar-refractivity contribution in [1.29, 1.82) is 0 Å². The predicted octanol–water partition coefficient (Wildman–Crippen LogP) is -0.0917. The van der Waals surface area contributed by atoms with Crippen molar-refractivity contribution < 1.29 is 19.5 Å². The van der Waals surface area contributed by atoms with Gasteiger partial charge in [0.2, 0.25) is 17.6 Å². The molecule has 3 rings (SSSR count). The predicted molar refractivity (Wildman–Crippen MR) is 66.8 cm³/mol. The van der Waals surface area contributed by atoms with Crippen molar-refractivity contribution in [3.63, 3.8) is 0 Å². The van der Waals surface area contributed by atoms with Gasteiger partial charge in [0.05, 0.1) is 6.54 Å². The Morgan fingerprint density at radius 2 is 2.15 bits per heavy atom. The van der Waals surface area contributed by atoms with Gasteiger partial charge in [0.15, 0.2) is 11.5 Å². The summed E-state index contributed by atoms with van der Waals surface area (Å²) in [6, 6.07) is 4.03. The molecule has 1 fully saturated rings. The maximum atomic E-state index is 11.0. The number of benzene rings is 1. The van der Waals surface area contributed by atoms with Crippen LogP contribution in [-0.2, 0) is 4.79 Å². The number of amides is 1. The fourth-order valence-corrected chi connectivity index (χ4v) is 1.90. The van der Waals surface area contributed by atoms with Crippen LogP contribution in [0, 0.1) is 0 Å². The van der Waals surface area contributed by atoms with Crippen LogP contribution in [0.25, 0.3) is 11.4 Å². The quantitative estimate of drug-likeness (QED) is 0.565. The Kier molecular flexibility index (Phi) is 2.99. The maximum absolute atomic E-state index is 11.0. The largest absolute Gasteiger partial charge is 0.504 e. The van der Waals surface area contributed by atoms with E-state index in [-0.39, 0.29) is 30.0 Å². The molecule has 1 aliphatic rings. The minimum absolute atomic E-state index is 0.0792. The van der Waals surface area contributed by atoms with E-state index in [1.54, 1.807) is 6.07 Å². The van der Waals surface area contributed by atoms with E-state index in [4.69, 9.17) is 4.52 Å². The lowest BCUT2D eigenvalue weighted by atomic mass is 10.2. The third-order valence-electron chi connectivity index (χ3n) is 2.99. The summed E-state index contributed by atoms with van der Waals surface area (Å²) < 4.78 is 5.14. The van der Waals surface area contributed by atoms with E-state index in [0.717, 1.165) is 0 Å². The molecule has 0 saturated carbocycles. The standard InChI is InChI=1S/C12H12N4O4/c17-8-2-1-6(3-9(8)18)11-15-12(20-16-11)7-4-14-10(19)5-13-7/h1-3,7,13,17-18H,4-5H2,(H,14,19). The van der Waals surface area contributed by atoms with E-state index in [1.807, 2.05) is 0 Å². The third-order valence-corrected chi connectivity index (χ3v) is 2.99. The zero-order valence-electron chi connectivity index (χ0n) is 10.3. The molecule has 1 amide bonds. The van der Waals surface area contributed by atoms with Crippen LogP contribution in [0.4, 0.5) is 0 Å². The summed E-state index contributed by atoms with van der Waals surface area (Å²) >= 11 is 0. The number of carbonyl (C=O) groups is 1. The van der Waals surface area contributed by atoms with Gasteiger partial charge in [-0.15, -0.1) is 0 Å². The average molecular weight is 276 g/mol. The molecule has 20 heavy (non-hydrogen) atoms. The van der Waals surface area contributed by atoms with Gasteiger partial charge < -0.3 is 20.1 Å². The summed E-state index contributed by atoms with van der Waals surface area (Å²) in [6.45, 7) is 0.573. The zero-order valence-corrected chi connectivity index (χ0v) is 10.3. The van der Waals surface area contributed by atoms with Gasteiger partial charge in [-0.25, -0.2) is 0 Å². The van der Waals surface area contributed by atoms with Crippen molar-refractivity contribution in [3.8, 4) is 22.9 Å². The highest BCUT2D eigenvalue weighted by molar-refractivity contribution is 5.78. The summed E-state index contributed by atoms with van der Waals surface area (Å²) in [4.78, 5) is 15.3. The van der Waals surface area contributed by atoms with Crippen molar-refractivity contribution >= 4 is 5.91 Å². The van der Waals surface area contributed by atoms with Crippen LogP contribution in [0.2, 0.25) is 0 Å². The lowest BCUT2D eigenvalue weighted by Crippen LogP contribution is -2.47. The molecule has 2 aromatic rings. The minimum atomic E-state index is -0.253. The number of piperazine rings is 1. The van der Waals surface area contributed by atoms with Gasteiger partial charge in [0.1, 0.15) is 6.04 Å². The Balaban J connectivity index is 1.82. The maximum Gasteiger partial charge on any atom is 0.245 e. The first-order chi connectivity index (χ1) is 9.63. The number of nitrogens with one attached hydrogen (secondary N) is 2. The fraction of sp³-hybridized carbons (Fsp3) is 0.250. The topological polar surface area (TPSA) is 121 Å². The molecule has 1 aliphatic heterocycles. The normalized spacial score (nSPS) is 18.8. The molecular weight excluding hydrogens is 264 g/mol. The second-order valence-electron chi connectivity index (χ2n) is 4.40. The van der Waals surface area contributed by atoms with Crippen LogP contribution in [0.1, 0.15) is 11.9 Å². The fourth-order valence-electron chi connectivity index (χ4n) is 1.90. The SMILES string of the molecule is O=C1CNC(c2nc(-c3ccc(O)c(O)c3)no2)CN1. The average Bonchev–Trinajstić information content (AvgIpc) is 2.92. The highest BCUT2D eigenvalue weighted by atomic mass is 16.5. The summed E-state index contributed by atoms with van der Waals surface area (Å²) in [5.41, 5.74) is 0.523. The number of phenols is 2. The van der Waals surface area contributed by atoms with Gasteiger partial charge in [0.25, 0.3) is 0 Å². The molecule has 1 aromatic heterocycles. The first-order valence-corrected chi connectivity index (χ1v) is 5.99. The van der Waals surface area contributed by atoms with Crippen molar-refractivity contribution in [2.45, 2.75) is 6.04 Å². The van der Waals surface area contributed by atoms with Gasteiger partial charge in [-0.05, 0) is 18.2 Å². The number of aromatic hydroxyl groups is 2. The Hall–Kier alpha value is -2.61. The molecule has 0 aliphatic carbocycles. The molecule has 0 bridgehead atoms. The first kappa shape index (κ1) is 12.4.